The Hall–Kier alpha value is -3.86. The quantitative estimate of drug-likeness (QED) is 0.259. The summed E-state index contributed by atoms with van der Waals surface area (Å²) in [7, 11) is 1.24. The van der Waals surface area contributed by atoms with E-state index in [1.54, 1.807) is 48.5 Å². The molecule has 11 heteroatoms. The number of methoxy groups -OCH3 is 1. The molecule has 244 valence electrons. The van der Waals surface area contributed by atoms with Crippen LogP contribution < -0.4 is 5.32 Å². The van der Waals surface area contributed by atoms with Gasteiger partial charge in [-0.1, -0.05) is 30.7 Å². The number of anilines is 1. The van der Waals surface area contributed by atoms with Crippen LogP contribution in [0.25, 0.3) is 0 Å². The van der Waals surface area contributed by atoms with Gasteiger partial charge in [-0.3, -0.25) is 9.59 Å². The second-order valence-corrected chi connectivity index (χ2v) is 13.1. The summed E-state index contributed by atoms with van der Waals surface area (Å²) in [4.78, 5) is 37.2. The number of carbonyl (C=O) groups excluding carboxylic acids is 3. The van der Waals surface area contributed by atoms with Gasteiger partial charge >= 0.3 is 18.1 Å². The Morgan fingerprint density at radius 2 is 1.70 bits per heavy atom. The lowest BCUT2D eigenvalue weighted by Crippen LogP contribution is -2.65. The van der Waals surface area contributed by atoms with Gasteiger partial charge in [0.1, 0.15) is 5.60 Å². The summed E-state index contributed by atoms with van der Waals surface area (Å²) in [6, 6.07) is 12.6. The van der Waals surface area contributed by atoms with E-state index in [1.165, 1.54) is 20.1 Å². The van der Waals surface area contributed by atoms with Crippen LogP contribution in [-0.4, -0.2) is 47.6 Å². The summed E-state index contributed by atoms with van der Waals surface area (Å²) in [6.07, 6.45) is -3.36. The second-order valence-electron chi connectivity index (χ2n) is 13.1. The SMILES string of the molecule is COC(=O)c1cccc(NC(=O)c2ccc([C@H]3CC4(C)[C@@H](CC[C@@]4(O)C(F)(F)C(F)(F)F)C4CCC5=CC(=O)CCC5=C43)cc2)c1. The standard InChI is InChI=1S/C35H34F5NO5/c1-32-18-27(19-6-8-20(9-7-19)30(43)41-23-5-3-4-22(16-23)31(44)46-2)29-25-13-11-24(42)17-21(25)10-12-26(29)28(32)14-15-33(32,45)34(36,37)35(38,39)40/h3-9,16-17,26-28,45H,10-15,18H2,1-2H3,(H,41,43)/t26?,27-,28+,32?,33+/m1/s1. The van der Waals surface area contributed by atoms with Crippen LogP contribution in [0.15, 0.2) is 71.3 Å². The monoisotopic (exact) mass is 643 g/mol. The zero-order valence-electron chi connectivity index (χ0n) is 25.3. The number of halogens is 5. The van der Waals surface area contributed by atoms with Crippen LogP contribution in [0.2, 0.25) is 0 Å². The van der Waals surface area contributed by atoms with Gasteiger partial charge in [0.15, 0.2) is 5.78 Å². The van der Waals surface area contributed by atoms with E-state index in [2.05, 4.69) is 5.32 Å². The van der Waals surface area contributed by atoms with Gasteiger partial charge in [-0.15, -0.1) is 0 Å². The van der Waals surface area contributed by atoms with Crippen molar-refractivity contribution in [2.75, 3.05) is 12.4 Å². The van der Waals surface area contributed by atoms with Crippen LogP contribution in [0.5, 0.6) is 0 Å². The fourth-order valence-electron chi connectivity index (χ4n) is 8.63. The molecule has 0 saturated heterocycles. The number of carbonyl (C=O) groups is 3. The van der Waals surface area contributed by atoms with Crippen molar-refractivity contribution in [2.45, 2.75) is 75.5 Å². The molecule has 5 atom stereocenters. The highest BCUT2D eigenvalue weighted by molar-refractivity contribution is 6.05. The van der Waals surface area contributed by atoms with Crippen molar-refractivity contribution >= 4 is 23.3 Å². The van der Waals surface area contributed by atoms with E-state index in [1.807, 2.05) is 0 Å². The normalized spacial score (nSPS) is 29.3. The van der Waals surface area contributed by atoms with Gasteiger partial charge in [0.25, 0.3) is 5.91 Å². The number of fused-ring (bicyclic) bond motifs is 4. The van der Waals surface area contributed by atoms with Gasteiger partial charge in [0.2, 0.25) is 0 Å². The van der Waals surface area contributed by atoms with Gasteiger partial charge < -0.3 is 15.2 Å². The van der Waals surface area contributed by atoms with Gasteiger partial charge in [-0.2, -0.15) is 22.0 Å². The highest BCUT2D eigenvalue weighted by Gasteiger charge is 2.79. The molecule has 4 aliphatic rings. The number of benzene rings is 2. The largest absolute Gasteiger partial charge is 0.465 e. The van der Waals surface area contributed by atoms with Crippen molar-refractivity contribution in [2.24, 2.45) is 17.3 Å². The molecule has 2 aromatic carbocycles. The molecule has 0 aliphatic heterocycles. The summed E-state index contributed by atoms with van der Waals surface area (Å²) in [5.74, 6) is -7.91. The van der Waals surface area contributed by atoms with E-state index in [4.69, 9.17) is 4.74 Å². The molecule has 0 aromatic heterocycles. The maximum Gasteiger partial charge on any atom is 0.456 e. The Balaban J connectivity index is 1.38. The third-order valence-electron chi connectivity index (χ3n) is 10.9. The summed E-state index contributed by atoms with van der Waals surface area (Å²) < 4.78 is 76.6. The van der Waals surface area contributed by atoms with E-state index < -0.39 is 53.2 Å². The van der Waals surface area contributed by atoms with E-state index in [0.717, 1.165) is 16.7 Å². The van der Waals surface area contributed by atoms with Gasteiger partial charge in [-0.25, -0.2) is 4.79 Å². The van der Waals surface area contributed by atoms with Crippen molar-refractivity contribution in [1.82, 2.24) is 0 Å². The molecule has 0 spiro atoms. The van der Waals surface area contributed by atoms with Crippen LogP contribution in [-0.2, 0) is 9.53 Å². The molecule has 0 radical (unpaired) electrons. The third-order valence-corrected chi connectivity index (χ3v) is 10.9. The maximum atomic E-state index is 15.2. The van der Waals surface area contributed by atoms with Crippen molar-refractivity contribution < 1.29 is 46.2 Å². The molecular formula is C35H34F5NO5. The molecule has 2 unspecified atom stereocenters. The lowest BCUT2D eigenvalue weighted by Gasteiger charge is -2.56. The molecule has 46 heavy (non-hydrogen) atoms. The number of ketones is 1. The molecule has 0 heterocycles. The predicted molar refractivity (Wildman–Crippen MR) is 158 cm³/mol. The number of rotatable bonds is 5. The number of hydrogen-bond donors (Lipinski definition) is 2. The molecular weight excluding hydrogens is 609 g/mol. The Morgan fingerprint density at radius 3 is 2.37 bits per heavy atom. The van der Waals surface area contributed by atoms with Crippen LogP contribution in [0.4, 0.5) is 27.6 Å². The van der Waals surface area contributed by atoms with Gasteiger partial charge in [-0.05, 0) is 103 Å². The highest BCUT2D eigenvalue weighted by Crippen LogP contribution is 2.70. The molecule has 6 rings (SSSR count). The summed E-state index contributed by atoms with van der Waals surface area (Å²) >= 11 is 0. The molecule has 1 amide bonds. The predicted octanol–water partition coefficient (Wildman–Crippen LogP) is 7.55. The molecule has 0 bridgehead atoms. The topological polar surface area (TPSA) is 92.7 Å². The van der Waals surface area contributed by atoms with E-state index >= 15 is 8.78 Å². The number of nitrogens with one attached hydrogen (secondary N) is 1. The molecule has 6 nitrogen and oxygen atoms in total. The first-order valence-corrected chi connectivity index (χ1v) is 15.3. The first-order valence-electron chi connectivity index (χ1n) is 15.3. The lowest BCUT2D eigenvalue weighted by atomic mass is 9.50. The summed E-state index contributed by atoms with van der Waals surface area (Å²) in [5, 5.41) is 14.2. The number of aliphatic hydroxyl groups is 1. The Bertz CT molecular complexity index is 1660. The Morgan fingerprint density at radius 1 is 0.978 bits per heavy atom. The van der Waals surface area contributed by atoms with Crippen molar-refractivity contribution in [3.8, 4) is 0 Å². The molecule has 2 N–H and O–H groups in total. The minimum atomic E-state index is -5.93. The molecule has 2 aromatic rings. The first-order chi connectivity index (χ1) is 21.6. The number of esters is 1. The lowest BCUT2D eigenvalue weighted by molar-refractivity contribution is -0.362. The van der Waals surface area contributed by atoms with Gasteiger partial charge in [0.05, 0.1) is 12.7 Å². The van der Waals surface area contributed by atoms with Crippen LogP contribution >= 0.6 is 0 Å². The molecule has 4 aliphatic carbocycles. The summed E-state index contributed by atoms with van der Waals surface area (Å²) in [5.41, 5.74) is -0.775. The Labute approximate surface area is 262 Å². The van der Waals surface area contributed by atoms with E-state index in [0.29, 0.717) is 30.5 Å². The minimum Gasteiger partial charge on any atom is -0.465 e. The minimum absolute atomic E-state index is 0.00236. The molecule has 2 fully saturated rings. The number of allylic oxidation sites excluding steroid dienone is 4. The first kappa shape index (κ1) is 32.1. The van der Waals surface area contributed by atoms with Crippen LogP contribution in [0.3, 0.4) is 0 Å². The Kier molecular flexibility index (Phi) is 7.77. The van der Waals surface area contributed by atoms with Crippen LogP contribution in [0, 0.1) is 17.3 Å². The fourth-order valence-corrected chi connectivity index (χ4v) is 8.63. The fraction of sp³-hybridized carbons (Fsp3) is 0.457. The maximum absolute atomic E-state index is 15.2. The van der Waals surface area contributed by atoms with Crippen LogP contribution in [0.1, 0.15) is 84.1 Å². The number of amides is 1. The number of alkyl halides is 5. The van der Waals surface area contributed by atoms with Crippen molar-refractivity contribution in [3.63, 3.8) is 0 Å². The second kappa shape index (κ2) is 11.1. The van der Waals surface area contributed by atoms with E-state index in [9.17, 15) is 32.7 Å². The average molecular weight is 644 g/mol. The average Bonchev–Trinajstić information content (AvgIpc) is 3.30. The van der Waals surface area contributed by atoms with Crippen molar-refractivity contribution in [3.05, 3.63) is 88.0 Å². The van der Waals surface area contributed by atoms with Crippen molar-refractivity contribution in [1.29, 1.82) is 0 Å². The third kappa shape index (κ3) is 4.89. The number of hydrogen-bond acceptors (Lipinski definition) is 5. The summed E-state index contributed by atoms with van der Waals surface area (Å²) in [6.45, 7) is 1.37. The van der Waals surface area contributed by atoms with Gasteiger partial charge in [0, 0.05) is 29.0 Å². The highest BCUT2D eigenvalue weighted by atomic mass is 19.4. The zero-order valence-corrected chi connectivity index (χ0v) is 25.3. The number of ether oxygens (including phenoxy) is 1. The molecule has 2 saturated carbocycles. The zero-order chi connectivity index (χ0) is 33.2. The smallest absolute Gasteiger partial charge is 0.456 e. The van der Waals surface area contributed by atoms with E-state index in [-0.39, 0.29) is 42.1 Å².